The smallest absolute Gasteiger partial charge is 0.383 e. The number of nitrogens with zero attached hydrogens (tertiary/aromatic N) is 3. The summed E-state index contributed by atoms with van der Waals surface area (Å²) in [6, 6.07) is 0.963. The van der Waals surface area contributed by atoms with Gasteiger partial charge < -0.3 is 35.2 Å². The SMILES string of the molecule is C=NCC1(COP(=O)(O)OP(=O)(O)OP(=O)(O)O)OC(n2ccc(N)nc2=O)C(F)(F)C1O. The maximum Gasteiger partial charge on any atom is 0.490 e. The minimum atomic E-state index is -5.90. The molecule has 0 bridgehead atoms. The van der Waals surface area contributed by atoms with Crippen molar-refractivity contribution in [2.45, 2.75) is 23.9 Å². The van der Waals surface area contributed by atoms with Crippen molar-refractivity contribution in [3.8, 4) is 0 Å². The molecule has 1 fully saturated rings. The summed E-state index contributed by atoms with van der Waals surface area (Å²) in [6.07, 6.45) is -4.63. The predicted molar refractivity (Wildman–Crippen MR) is 101 cm³/mol. The summed E-state index contributed by atoms with van der Waals surface area (Å²) < 4.78 is 80.2. The van der Waals surface area contributed by atoms with E-state index in [1.165, 1.54) is 0 Å². The number of aromatic nitrogens is 2. The molecule has 1 aromatic rings. The first-order valence-corrected chi connectivity index (χ1v) is 12.7. The van der Waals surface area contributed by atoms with Crippen molar-refractivity contribution >= 4 is 36.0 Å². The summed E-state index contributed by atoms with van der Waals surface area (Å²) in [6.45, 7) is 0.620. The largest absolute Gasteiger partial charge is 0.490 e. The molecule has 1 aliphatic heterocycles. The number of rotatable bonds is 10. The molecular weight excluding hydrogens is 527 g/mol. The zero-order chi connectivity index (χ0) is 25.5. The van der Waals surface area contributed by atoms with E-state index in [0.717, 1.165) is 12.3 Å². The van der Waals surface area contributed by atoms with Gasteiger partial charge in [0.25, 0.3) is 0 Å². The lowest BCUT2D eigenvalue weighted by Crippen LogP contribution is -2.51. The monoisotopic (exact) mass is 544 g/mol. The van der Waals surface area contributed by atoms with E-state index in [2.05, 4.69) is 29.8 Å². The van der Waals surface area contributed by atoms with E-state index in [4.69, 9.17) is 25.2 Å². The van der Waals surface area contributed by atoms with Crippen LogP contribution in [-0.4, -0.2) is 71.7 Å². The third kappa shape index (κ3) is 6.57. The van der Waals surface area contributed by atoms with Gasteiger partial charge in [0.15, 0.2) is 6.10 Å². The predicted octanol–water partition coefficient (Wildman–Crippen LogP) is -0.867. The Morgan fingerprint density at radius 1 is 1.24 bits per heavy atom. The molecule has 17 nitrogen and oxygen atoms in total. The molecule has 2 heterocycles. The molecule has 1 aliphatic rings. The first-order valence-electron chi connectivity index (χ1n) is 8.13. The van der Waals surface area contributed by atoms with Crippen molar-refractivity contribution in [1.82, 2.24) is 9.55 Å². The van der Waals surface area contributed by atoms with Crippen LogP contribution in [0.1, 0.15) is 6.23 Å². The maximum absolute atomic E-state index is 14.8. The summed E-state index contributed by atoms with van der Waals surface area (Å²) >= 11 is 0. The van der Waals surface area contributed by atoms with Crippen molar-refractivity contribution in [2.24, 2.45) is 4.99 Å². The molecule has 7 N–H and O–H groups in total. The number of phosphoric ester groups is 1. The number of aliphatic hydroxyl groups excluding tert-OH is 1. The van der Waals surface area contributed by atoms with Crippen molar-refractivity contribution < 1.29 is 65.0 Å². The molecule has 22 heteroatoms. The first-order chi connectivity index (χ1) is 14.8. The van der Waals surface area contributed by atoms with Crippen molar-refractivity contribution in [2.75, 3.05) is 18.9 Å². The number of hydrogen-bond donors (Lipinski definition) is 6. The van der Waals surface area contributed by atoms with Gasteiger partial charge >= 0.3 is 35.1 Å². The van der Waals surface area contributed by atoms with Crippen LogP contribution in [0.15, 0.2) is 22.1 Å². The molecule has 0 aromatic carbocycles. The third-order valence-corrected chi connectivity index (χ3v) is 7.69. The lowest BCUT2D eigenvalue weighted by Gasteiger charge is -2.30. The van der Waals surface area contributed by atoms with Crippen LogP contribution in [0.2, 0.25) is 0 Å². The Hall–Kier alpha value is -1.46. The fraction of sp³-hybridized carbons (Fsp3) is 0.545. The molecule has 5 atom stereocenters. The Morgan fingerprint density at radius 2 is 1.85 bits per heavy atom. The van der Waals surface area contributed by atoms with Crippen LogP contribution in [0.25, 0.3) is 0 Å². The number of anilines is 1. The molecule has 33 heavy (non-hydrogen) atoms. The number of halogens is 2. The minimum Gasteiger partial charge on any atom is -0.383 e. The van der Waals surface area contributed by atoms with Crippen LogP contribution in [0, 0.1) is 0 Å². The molecule has 0 spiro atoms. The summed E-state index contributed by atoms with van der Waals surface area (Å²) in [5.41, 5.74) is 1.30. The number of aliphatic hydroxyl groups is 1. The van der Waals surface area contributed by atoms with Crippen LogP contribution < -0.4 is 11.4 Å². The number of alkyl halides is 2. The number of nitrogen functional groups attached to an aromatic ring is 1. The average Bonchev–Trinajstić information content (AvgIpc) is 2.79. The molecule has 5 unspecified atom stereocenters. The van der Waals surface area contributed by atoms with E-state index in [0.29, 0.717) is 0 Å². The number of ether oxygens (including phenoxy) is 1. The molecule has 0 aliphatic carbocycles. The number of hydrogen-bond acceptors (Lipinski definition) is 12. The molecule has 0 radical (unpaired) electrons. The van der Waals surface area contributed by atoms with E-state index in [1.54, 1.807) is 0 Å². The van der Waals surface area contributed by atoms with Gasteiger partial charge in [0.1, 0.15) is 11.4 Å². The summed E-state index contributed by atoms with van der Waals surface area (Å²) in [4.78, 5) is 54.2. The molecule has 2 rings (SSSR count). The van der Waals surface area contributed by atoms with Crippen molar-refractivity contribution in [3.63, 3.8) is 0 Å². The van der Waals surface area contributed by atoms with Gasteiger partial charge in [0.2, 0.25) is 6.23 Å². The van der Waals surface area contributed by atoms with Gasteiger partial charge in [0.05, 0.1) is 13.2 Å². The van der Waals surface area contributed by atoms with Crippen LogP contribution in [0.3, 0.4) is 0 Å². The topological polar surface area (TPSA) is 263 Å². The first kappa shape index (κ1) is 27.8. The highest BCUT2D eigenvalue weighted by Gasteiger charge is 2.67. The van der Waals surface area contributed by atoms with Crippen LogP contribution in [0.5, 0.6) is 0 Å². The van der Waals surface area contributed by atoms with Crippen LogP contribution in [0.4, 0.5) is 14.6 Å². The summed E-state index contributed by atoms with van der Waals surface area (Å²) in [7, 11) is -17.3. The van der Waals surface area contributed by atoms with E-state index in [1.807, 2.05) is 0 Å². The van der Waals surface area contributed by atoms with Crippen LogP contribution in [-0.2, 0) is 31.6 Å². The Balaban J connectivity index is 2.33. The van der Waals surface area contributed by atoms with Crippen LogP contribution >= 0.6 is 23.5 Å². The Bertz CT molecular complexity index is 1110. The summed E-state index contributed by atoms with van der Waals surface area (Å²) in [5.74, 6) is -4.57. The normalized spacial score (nSPS) is 28.7. The second kappa shape index (κ2) is 9.30. The third-order valence-electron chi connectivity index (χ3n) is 3.91. The van der Waals surface area contributed by atoms with E-state index in [9.17, 15) is 37.3 Å². The van der Waals surface area contributed by atoms with E-state index in [-0.39, 0.29) is 10.4 Å². The number of nitrogens with two attached hydrogens (primary N) is 1. The Kier molecular flexibility index (Phi) is 7.83. The van der Waals surface area contributed by atoms with Crippen molar-refractivity contribution in [3.05, 3.63) is 22.7 Å². The van der Waals surface area contributed by atoms with Gasteiger partial charge in [-0.05, 0) is 12.8 Å². The molecule has 1 saturated heterocycles. The number of phosphoric acid groups is 3. The highest BCUT2D eigenvalue weighted by molar-refractivity contribution is 7.66. The second-order valence-corrected chi connectivity index (χ2v) is 10.8. The standard InChI is InChI=1S/C11H17F2N4O13P3/c1-15-4-10(5-27-32(23,24)30-33(25,26)29-31(20,21)22)7(18)11(12,13)8(28-10)17-3-2-6(14)16-9(17)19/h2-3,7-8,18H,1,4-5H2,(H,23,24)(H,25,26)(H2,14,16,19)(H2,20,21,22). The molecular formula is C11H17F2N4O13P3. The maximum atomic E-state index is 14.8. The quantitative estimate of drug-likeness (QED) is 0.154. The van der Waals surface area contributed by atoms with Gasteiger partial charge in [-0.3, -0.25) is 14.1 Å². The lowest BCUT2D eigenvalue weighted by atomic mass is 9.95. The minimum absolute atomic E-state index is 0.259. The highest BCUT2D eigenvalue weighted by Crippen LogP contribution is 2.66. The Labute approximate surface area is 181 Å². The second-order valence-electron chi connectivity index (χ2n) is 6.40. The molecule has 188 valence electrons. The zero-order valence-corrected chi connectivity index (χ0v) is 18.6. The average molecular weight is 544 g/mol. The molecule has 0 saturated carbocycles. The van der Waals surface area contributed by atoms with Crippen molar-refractivity contribution in [1.29, 1.82) is 0 Å². The Morgan fingerprint density at radius 3 is 2.36 bits per heavy atom. The van der Waals surface area contributed by atoms with Gasteiger partial charge in [-0.2, -0.15) is 22.4 Å². The van der Waals surface area contributed by atoms with Gasteiger partial charge in [-0.25, -0.2) is 18.5 Å². The van der Waals surface area contributed by atoms with Gasteiger partial charge in [-0.15, -0.1) is 0 Å². The van der Waals surface area contributed by atoms with E-state index < -0.39 is 66.2 Å². The zero-order valence-electron chi connectivity index (χ0n) is 15.9. The molecule has 1 aromatic heterocycles. The van der Waals surface area contributed by atoms with E-state index >= 15 is 0 Å². The van der Waals surface area contributed by atoms with Gasteiger partial charge in [-0.1, -0.05) is 0 Å². The fourth-order valence-corrected chi connectivity index (χ4v) is 5.74. The fourth-order valence-electron chi connectivity index (χ4n) is 2.66. The lowest BCUT2D eigenvalue weighted by molar-refractivity contribution is -0.144. The molecule has 0 amide bonds. The number of aliphatic imine (C=N–C) groups is 1. The summed E-state index contributed by atoms with van der Waals surface area (Å²) in [5, 5.41) is 10.2. The van der Waals surface area contributed by atoms with Gasteiger partial charge in [0, 0.05) is 6.20 Å². The highest BCUT2D eigenvalue weighted by atomic mass is 31.3.